The fourth-order valence-electron chi connectivity index (χ4n) is 1.92. The van der Waals surface area contributed by atoms with Crippen LogP contribution in [0.4, 0.5) is 17.3 Å². The van der Waals surface area contributed by atoms with Crippen LogP contribution in [0.5, 0.6) is 0 Å². The van der Waals surface area contributed by atoms with Gasteiger partial charge in [-0.05, 0) is 24.1 Å². The second-order valence-electron chi connectivity index (χ2n) is 4.60. The van der Waals surface area contributed by atoms with Gasteiger partial charge in [-0.1, -0.05) is 29.8 Å². The molecule has 2 aromatic rings. The molecule has 2 rings (SSSR count). The molecule has 0 saturated heterocycles. The number of anilines is 3. The minimum atomic E-state index is 0.177. The zero-order valence-electron chi connectivity index (χ0n) is 11.2. The third kappa shape index (κ3) is 2.89. The van der Waals surface area contributed by atoms with E-state index < -0.39 is 0 Å². The van der Waals surface area contributed by atoms with Crippen LogP contribution in [0.25, 0.3) is 0 Å². The zero-order chi connectivity index (χ0) is 14.7. The maximum Gasteiger partial charge on any atom is 0.139 e. The molecular weight excluding hydrogens is 318 g/mol. The largest absolute Gasteiger partial charge is 0.383 e. The van der Waals surface area contributed by atoms with Crippen LogP contribution in [-0.2, 0) is 0 Å². The summed E-state index contributed by atoms with van der Waals surface area (Å²) < 4.78 is 0.882. The smallest absolute Gasteiger partial charge is 0.139 e. The lowest BCUT2D eigenvalue weighted by atomic mass is 10.0. The van der Waals surface area contributed by atoms with Crippen LogP contribution in [0, 0.1) is 11.3 Å². The van der Waals surface area contributed by atoms with E-state index in [-0.39, 0.29) is 5.92 Å². The first-order valence-corrected chi connectivity index (χ1v) is 6.89. The summed E-state index contributed by atoms with van der Waals surface area (Å²) in [6.07, 6.45) is 1.41. The van der Waals surface area contributed by atoms with Crippen LogP contribution in [0.2, 0.25) is 0 Å². The van der Waals surface area contributed by atoms with Crippen molar-refractivity contribution < 1.29 is 0 Å². The summed E-state index contributed by atoms with van der Waals surface area (Å²) in [5.41, 5.74) is 7.98. The molecule has 0 unspecified atom stereocenters. The summed E-state index contributed by atoms with van der Waals surface area (Å²) in [6, 6.07) is 7.55. The van der Waals surface area contributed by atoms with Crippen molar-refractivity contribution in [1.82, 2.24) is 9.97 Å². The van der Waals surface area contributed by atoms with E-state index in [0.29, 0.717) is 22.9 Å². The van der Waals surface area contributed by atoms with Crippen LogP contribution in [-0.4, -0.2) is 9.97 Å². The maximum absolute atomic E-state index is 9.16. The molecule has 5 nitrogen and oxygen atoms in total. The van der Waals surface area contributed by atoms with Gasteiger partial charge in [0.1, 0.15) is 24.0 Å². The number of hydrogen-bond donors (Lipinski definition) is 2. The Morgan fingerprint density at radius 2 is 2.10 bits per heavy atom. The highest BCUT2D eigenvalue weighted by Gasteiger charge is 2.14. The van der Waals surface area contributed by atoms with E-state index in [0.717, 1.165) is 10.0 Å². The number of nitrogen functional groups attached to an aromatic ring is 1. The predicted octanol–water partition coefficient (Wildman–Crippen LogP) is 3.56. The molecule has 0 aliphatic carbocycles. The number of hydrogen-bond acceptors (Lipinski definition) is 5. The van der Waals surface area contributed by atoms with Crippen molar-refractivity contribution in [2.45, 2.75) is 19.8 Å². The number of rotatable bonds is 3. The van der Waals surface area contributed by atoms with E-state index in [4.69, 9.17) is 11.0 Å². The fourth-order valence-corrected chi connectivity index (χ4v) is 2.28. The third-order valence-corrected chi connectivity index (χ3v) is 3.34. The van der Waals surface area contributed by atoms with Crippen molar-refractivity contribution in [3.8, 4) is 6.07 Å². The van der Waals surface area contributed by atoms with E-state index >= 15 is 0 Å². The van der Waals surface area contributed by atoms with E-state index in [2.05, 4.69) is 37.3 Å². The molecule has 0 aliphatic rings. The van der Waals surface area contributed by atoms with E-state index in [1.807, 2.05) is 26.0 Å². The fraction of sp³-hybridized carbons (Fsp3) is 0.214. The average Bonchev–Trinajstić information content (AvgIpc) is 2.38. The number of nitrogens with zero attached hydrogens (tertiary/aromatic N) is 3. The van der Waals surface area contributed by atoms with Crippen LogP contribution >= 0.6 is 15.9 Å². The summed E-state index contributed by atoms with van der Waals surface area (Å²) in [6.45, 7) is 4.04. The summed E-state index contributed by atoms with van der Waals surface area (Å²) in [4.78, 5) is 8.25. The van der Waals surface area contributed by atoms with Gasteiger partial charge in [0.05, 0.1) is 11.3 Å². The van der Waals surface area contributed by atoms with Crippen molar-refractivity contribution in [3.63, 3.8) is 0 Å². The minimum absolute atomic E-state index is 0.177. The Morgan fingerprint density at radius 3 is 2.75 bits per heavy atom. The van der Waals surface area contributed by atoms with Gasteiger partial charge in [0.15, 0.2) is 0 Å². The number of nitrogens with one attached hydrogen (secondary N) is 1. The van der Waals surface area contributed by atoms with Crippen LogP contribution in [0.1, 0.15) is 30.9 Å². The molecule has 6 heteroatoms. The Labute approximate surface area is 126 Å². The summed E-state index contributed by atoms with van der Waals surface area (Å²) >= 11 is 3.39. The summed E-state index contributed by atoms with van der Waals surface area (Å²) in [7, 11) is 0. The highest BCUT2D eigenvalue weighted by atomic mass is 79.9. The van der Waals surface area contributed by atoms with Crippen LogP contribution in [0.15, 0.2) is 29.0 Å². The van der Waals surface area contributed by atoms with Gasteiger partial charge in [0.2, 0.25) is 0 Å². The first-order chi connectivity index (χ1) is 9.52. The molecule has 0 bridgehead atoms. The number of nitriles is 1. The summed E-state index contributed by atoms with van der Waals surface area (Å²) in [5.74, 6) is 1.25. The molecule has 0 atom stereocenters. The van der Waals surface area contributed by atoms with Crippen molar-refractivity contribution in [2.24, 2.45) is 0 Å². The second kappa shape index (κ2) is 5.88. The van der Waals surface area contributed by atoms with Gasteiger partial charge in [-0.3, -0.25) is 0 Å². The topological polar surface area (TPSA) is 87.6 Å². The molecule has 0 fully saturated rings. The molecule has 0 saturated carbocycles. The lowest BCUT2D eigenvalue weighted by molar-refractivity contribution is 0.855. The third-order valence-electron chi connectivity index (χ3n) is 2.85. The van der Waals surface area contributed by atoms with Gasteiger partial charge < -0.3 is 11.1 Å². The average molecular weight is 332 g/mol. The van der Waals surface area contributed by atoms with Gasteiger partial charge >= 0.3 is 0 Å². The van der Waals surface area contributed by atoms with Gasteiger partial charge in [0.25, 0.3) is 0 Å². The minimum Gasteiger partial charge on any atom is -0.383 e. The zero-order valence-corrected chi connectivity index (χ0v) is 12.8. The Hall–Kier alpha value is -2.13. The van der Waals surface area contributed by atoms with Crippen molar-refractivity contribution >= 4 is 33.3 Å². The number of benzene rings is 1. The Bertz CT molecular complexity index is 676. The molecule has 3 N–H and O–H groups in total. The van der Waals surface area contributed by atoms with Crippen molar-refractivity contribution in [2.75, 3.05) is 11.1 Å². The highest BCUT2D eigenvalue weighted by molar-refractivity contribution is 9.10. The monoisotopic (exact) mass is 331 g/mol. The maximum atomic E-state index is 9.16. The molecule has 0 spiro atoms. The number of nitrogens with two attached hydrogens (primary N) is 1. The van der Waals surface area contributed by atoms with Gasteiger partial charge in [-0.15, -0.1) is 0 Å². The van der Waals surface area contributed by atoms with Crippen molar-refractivity contribution in [3.05, 3.63) is 40.1 Å². The van der Waals surface area contributed by atoms with Gasteiger partial charge in [-0.25, -0.2) is 9.97 Å². The van der Waals surface area contributed by atoms with Crippen LogP contribution in [0.3, 0.4) is 0 Å². The molecule has 20 heavy (non-hydrogen) atoms. The van der Waals surface area contributed by atoms with E-state index in [9.17, 15) is 0 Å². The summed E-state index contributed by atoms with van der Waals surface area (Å²) in [5, 5.41) is 12.3. The Kier molecular flexibility index (Phi) is 4.20. The highest BCUT2D eigenvalue weighted by Crippen LogP contribution is 2.30. The van der Waals surface area contributed by atoms with E-state index in [1.165, 1.54) is 6.33 Å². The molecule has 1 aromatic heterocycles. The first-order valence-electron chi connectivity index (χ1n) is 6.10. The Morgan fingerprint density at radius 1 is 1.35 bits per heavy atom. The Balaban J connectivity index is 2.48. The SMILES string of the molecule is CC(C)c1c(N)ncnc1Nc1cc(Br)ccc1C#N. The molecule has 1 aromatic carbocycles. The van der Waals surface area contributed by atoms with Crippen LogP contribution < -0.4 is 11.1 Å². The molecule has 102 valence electrons. The molecular formula is C14H14BrN5. The number of aromatic nitrogens is 2. The normalized spacial score (nSPS) is 10.3. The lowest BCUT2D eigenvalue weighted by Gasteiger charge is -2.15. The molecule has 0 amide bonds. The molecule has 1 heterocycles. The molecule has 0 radical (unpaired) electrons. The van der Waals surface area contributed by atoms with Gasteiger partial charge in [0, 0.05) is 10.0 Å². The standard InChI is InChI=1S/C14H14BrN5/c1-8(2)12-13(17)18-7-19-14(12)20-11-5-10(15)4-3-9(11)6-16/h3-5,7-8H,1-2H3,(H3,17,18,19,20). The molecule has 0 aliphatic heterocycles. The first kappa shape index (κ1) is 14.3. The van der Waals surface area contributed by atoms with Gasteiger partial charge in [-0.2, -0.15) is 5.26 Å². The lowest BCUT2D eigenvalue weighted by Crippen LogP contribution is -2.07. The quantitative estimate of drug-likeness (QED) is 0.897. The second-order valence-corrected chi connectivity index (χ2v) is 5.52. The van der Waals surface area contributed by atoms with E-state index in [1.54, 1.807) is 6.07 Å². The van der Waals surface area contributed by atoms with Crippen molar-refractivity contribution in [1.29, 1.82) is 5.26 Å². The predicted molar refractivity (Wildman–Crippen MR) is 82.7 cm³/mol. The number of halogens is 1.